The number of carbonyl (C=O) groups is 2. The smallest absolute Gasteiger partial charge is 0.328 e. The van der Waals surface area contributed by atoms with Crippen LogP contribution in [0, 0.1) is 0 Å². The summed E-state index contributed by atoms with van der Waals surface area (Å²) in [4.78, 5) is 22.5. The standard InChI is InChI=1S/C24H26N2O4.C4H4O4/c1-28-21-10-4-5-11-22(21)29-14-13-25-15-17(27)16-30-23-12-6-9-20-24(23)18-7-2-3-8-19(18)26-20;5-3(6)1-2-4(7)8/h2-12,17,25-27H,13-16H2,1H3;1-2H,(H,5,6)(H,7,8)/b;2-1-. The fraction of sp³-hybridized carbons (Fsp3) is 0.214. The molecule has 1 atom stereocenters. The van der Waals surface area contributed by atoms with E-state index in [1.54, 1.807) is 7.11 Å². The predicted octanol–water partition coefficient (Wildman–Crippen LogP) is 3.45. The topological polar surface area (TPSA) is 150 Å². The molecule has 4 aromatic rings. The molecule has 5 N–H and O–H groups in total. The zero-order valence-electron chi connectivity index (χ0n) is 20.8. The van der Waals surface area contributed by atoms with Gasteiger partial charge >= 0.3 is 11.9 Å². The highest BCUT2D eigenvalue weighted by Gasteiger charge is 2.11. The number of hydrogen-bond acceptors (Lipinski definition) is 7. The van der Waals surface area contributed by atoms with Crippen molar-refractivity contribution in [3.8, 4) is 17.2 Å². The van der Waals surface area contributed by atoms with Crippen LogP contribution in [0.3, 0.4) is 0 Å². The summed E-state index contributed by atoms with van der Waals surface area (Å²) in [6, 6.07) is 21.6. The van der Waals surface area contributed by atoms with Crippen LogP contribution < -0.4 is 19.5 Å². The van der Waals surface area contributed by atoms with Gasteiger partial charge in [-0.2, -0.15) is 0 Å². The van der Waals surface area contributed by atoms with Gasteiger partial charge in [0.25, 0.3) is 0 Å². The molecule has 38 heavy (non-hydrogen) atoms. The van der Waals surface area contributed by atoms with Gasteiger partial charge in [-0.1, -0.05) is 36.4 Å². The van der Waals surface area contributed by atoms with E-state index in [1.165, 1.54) is 0 Å². The van der Waals surface area contributed by atoms with Crippen LogP contribution in [0.25, 0.3) is 21.8 Å². The van der Waals surface area contributed by atoms with Crippen molar-refractivity contribution in [3.63, 3.8) is 0 Å². The number of H-pyrrole nitrogens is 1. The first-order valence-corrected chi connectivity index (χ1v) is 11.8. The van der Waals surface area contributed by atoms with Crippen molar-refractivity contribution >= 4 is 33.7 Å². The van der Waals surface area contributed by atoms with E-state index in [0.717, 1.165) is 27.6 Å². The zero-order chi connectivity index (χ0) is 27.3. The lowest BCUT2D eigenvalue weighted by Gasteiger charge is -2.15. The van der Waals surface area contributed by atoms with E-state index in [2.05, 4.69) is 16.4 Å². The number of carboxylic acids is 2. The second-order valence-electron chi connectivity index (χ2n) is 8.03. The van der Waals surface area contributed by atoms with Crippen molar-refractivity contribution in [3.05, 3.63) is 78.9 Å². The van der Waals surface area contributed by atoms with Crippen LogP contribution in [-0.4, -0.2) is 71.8 Å². The number of aliphatic hydroxyl groups excluding tert-OH is 1. The van der Waals surface area contributed by atoms with Crippen LogP contribution in [0.15, 0.2) is 78.9 Å². The molecule has 0 fully saturated rings. The third-order valence-electron chi connectivity index (χ3n) is 5.28. The number of benzene rings is 3. The molecule has 0 radical (unpaired) electrons. The maximum atomic E-state index is 10.3. The Morgan fingerprint density at radius 1 is 0.868 bits per heavy atom. The first-order chi connectivity index (χ1) is 18.4. The van der Waals surface area contributed by atoms with Crippen molar-refractivity contribution in [1.82, 2.24) is 10.3 Å². The molecule has 1 heterocycles. The number of hydrogen-bond donors (Lipinski definition) is 5. The molecule has 4 rings (SSSR count). The molecule has 0 amide bonds. The van der Waals surface area contributed by atoms with Crippen LogP contribution in [-0.2, 0) is 9.59 Å². The summed E-state index contributed by atoms with van der Waals surface area (Å²) in [5, 5.41) is 31.3. The maximum absolute atomic E-state index is 10.3. The Morgan fingerprint density at radius 3 is 2.21 bits per heavy atom. The molecule has 0 bridgehead atoms. The summed E-state index contributed by atoms with van der Waals surface area (Å²) in [7, 11) is 1.62. The SMILES string of the molecule is COc1ccccc1OCCNCC(O)COc1cccc2[nH]c3ccccc3c12.O=C(O)/C=C\C(=O)O. The second-order valence-corrected chi connectivity index (χ2v) is 8.03. The molecule has 0 aliphatic rings. The number of aliphatic carboxylic acids is 2. The van der Waals surface area contributed by atoms with E-state index in [1.807, 2.05) is 60.7 Å². The summed E-state index contributed by atoms with van der Waals surface area (Å²) in [5.41, 5.74) is 2.09. The predicted molar refractivity (Wildman–Crippen MR) is 143 cm³/mol. The fourth-order valence-electron chi connectivity index (χ4n) is 3.62. The Kier molecular flexibility index (Phi) is 10.5. The van der Waals surface area contributed by atoms with Crippen LogP contribution in [0.4, 0.5) is 0 Å². The van der Waals surface area contributed by atoms with Gasteiger partial charge < -0.3 is 39.8 Å². The lowest BCUT2D eigenvalue weighted by molar-refractivity contribution is -0.134. The molecule has 0 saturated heterocycles. The molecular formula is C28H30N2O8. The number of methoxy groups -OCH3 is 1. The Bertz CT molecular complexity index is 1370. The average Bonchev–Trinajstić information content (AvgIpc) is 3.30. The van der Waals surface area contributed by atoms with Gasteiger partial charge in [-0.15, -0.1) is 0 Å². The van der Waals surface area contributed by atoms with Crippen molar-refractivity contribution in [2.45, 2.75) is 6.10 Å². The van der Waals surface area contributed by atoms with Gasteiger partial charge in [-0.25, -0.2) is 9.59 Å². The Labute approximate surface area is 219 Å². The number of ether oxygens (including phenoxy) is 3. The van der Waals surface area contributed by atoms with Gasteiger partial charge in [0, 0.05) is 41.5 Å². The number of aromatic nitrogens is 1. The number of aromatic amines is 1. The van der Waals surface area contributed by atoms with Gasteiger partial charge in [-0.05, 0) is 30.3 Å². The first-order valence-electron chi connectivity index (χ1n) is 11.8. The van der Waals surface area contributed by atoms with E-state index < -0.39 is 18.0 Å². The monoisotopic (exact) mass is 522 g/mol. The highest BCUT2D eigenvalue weighted by molar-refractivity contribution is 6.10. The molecule has 200 valence electrons. The summed E-state index contributed by atoms with van der Waals surface area (Å²) in [6.07, 6.45) is 0.488. The molecule has 1 aromatic heterocycles. The number of carboxylic acid groups (broad SMARTS) is 2. The Balaban J connectivity index is 0.000000436. The third kappa shape index (κ3) is 8.26. The molecule has 0 spiro atoms. The number of para-hydroxylation sites is 3. The molecule has 10 heteroatoms. The normalized spacial score (nSPS) is 11.6. The third-order valence-corrected chi connectivity index (χ3v) is 5.28. The van der Waals surface area contributed by atoms with Crippen LogP contribution >= 0.6 is 0 Å². The maximum Gasteiger partial charge on any atom is 0.328 e. The molecule has 1 unspecified atom stereocenters. The molecule has 0 aliphatic carbocycles. The summed E-state index contributed by atoms with van der Waals surface area (Å²) in [5.74, 6) is -0.335. The summed E-state index contributed by atoms with van der Waals surface area (Å²) < 4.78 is 16.9. The minimum absolute atomic E-state index is 0.207. The van der Waals surface area contributed by atoms with Crippen molar-refractivity contribution in [1.29, 1.82) is 0 Å². The average molecular weight is 523 g/mol. The summed E-state index contributed by atoms with van der Waals surface area (Å²) >= 11 is 0. The lowest BCUT2D eigenvalue weighted by Crippen LogP contribution is -2.33. The van der Waals surface area contributed by atoms with E-state index >= 15 is 0 Å². The Morgan fingerprint density at radius 2 is 1.50 bits per heavy atom. The highest BCUT2D eigenvalue weighted by atomic mass is 16.5. The van der Waals surface area contributed by atoms with Crippen LogP contribution in [0.1, 0.15) is 0 Å². The largest absolute Gasteiger partial charge is 0.493 e. The van der Waals surface area contributed by atoms with Gasteiger partial charge in [0.15, 0.2) is 11.5 Å². The molecule has 3 aromatic carbocycles. The zero-order valence-corrected chi connectivity index (χ0v) is 20.8. The van der Waals surface area contributed by atoms with Gasteiger partial charge in [0.2, 0.25) is 0 Å². The minimum atomic E-state index is -1.26. The number of aliphatic hydroxyl groups is 1. The quantitative estimate of drug-likeness (QED) is 0.139. The van der Waals surface area contributed by atoms with Gasteiger partial charge in [0.05, 0.1) is 12.6 Å². The van der Waals surface area contributed by atoms with Crippen molar-refractivity contribution in [2.75, 3.05) is 33.4 Å². The molecule has 10 nitrogen and oxygen atoms in total. The summed E-state index contributed by atoms with van der Waals surface area (Å²) in [6.45, 7) is 1.70. The van der Waals surface area contributed by atoms with E-state index in [0.29, 0.717) is 43.3 Å². The first kappa shape index (κ1) is 28.0. The highest BCUT2D eigenvalue weighted by Crippen LogP contribution is 2.33. The second kappa shape index (κ2) is 14.3. The van der Waals surface area contributed by atoms with E-state index in [9.17, 15) is 14.7 Å². The minimum Gasteiger partial charge on any atom is -0.493 e. The molecule has 0 aliphatic heterocycles. The van der Waals surface area contributed by atoms with Crippen molar-refractivity contribution < 1.29 is 39.1 Å². The van der Waals surface area contributed by atoms with Crippen LogP contribution in [0.2, 0.25) is 0 Å². The molecule has 0 saturated carbocycles. The number of fused-ring (bicyclic) bond motifs is 3. The lowest BCUT2D eigenvalue weighted by atomic mass is 10.1. The van der Waals surface area contributed by atoms with Crippen LogP contribution in [0.5, 0.6) is 17.2 Å². The van der Waals surface area contributed by atoms with E-state index in [-0.39, 0.29) is 6.61 Å². The van der Waals surface area contributed by atoms with Gasteiger partial charge in [0.1, 0.15) is 25.1 Å². The number of rotatable bonds is 12. The number of nitrogens with one attached hydrogen (secondary N) is 2. The molecular weight excluding hydrogens is 492 g/mol. The Hall–Kier alpha value is -4.54. The van der Waals surface area contributed by atoms with E-state index in [4.69, 9.17) is 24.4 Å². The fourth-order valence-corrected chi connectivity index (χ4v) is 3.62. The van der Waals surface area contributed by atoms with Gasteiger partial charge in [-0.3, -0.25) is 0 Å². The van der Waals surface area contributed by atoms with Crippen molar-refractivity contribution in [2.24, 2.45) is 0 Å².